The van der Waals surface area contributed by atoms with Crippen molar-refractivity contribution < 1.29 is 19.4 Å². The predicted octanol–water partition coefficient (Wildman–Crippen LogP) is 2.15. The molecule has 0 spiro atoms. The summed E-state index contributed by atoms with van der Waals surface area (Å²) in [6.45, 7) is 2.36. The van der Waals surface area contributed by atoms with Gasteiger partial charge in [0.15, 0.2) is 6.61 Å². The van der Waals surface area contributed by atoms with E-state index in [1.54, 1.807) is 13.0 Å². The minimum Gasteiger partial charge on any atom is -0.483 e. The molecule has 5 nitrogen and oxygen atoms in total. The molecule has 0 heterocycles. The molecule has 6 heteroatoms. The molecule has 104 valence electrons. The topological polar surface area (TPSA) is 66.8 Å². The fraction of sp³-hybridized carbons (Fsp3) is 0.385. The maximum Gasteiger partial charge on any atom is 0.305 e. The number of halogens is 1. The molecule has 1 aromatic rings. The van der Waals surface area contributed by atoms with Gasteiger partial charge in [0, 0.05) is 13.1 Å². The highest BCUT2D eigenvalue weighted by Gasteiger charge is 2.14. The monoisotopic (exact) mass is 329 g/mol. The average molecular weight is 330 g/mol. The van der Waals surface area contributed by atoms with Gasteiger partial charge in [0.2, 0.25) is 0 Å². The van der Waals surface area contributed by atoms with Crippen molar-refractivity contribution in [2.45, 2.75) is 13.3 Å². The molecule has 19 heavy (non-hydrogen) atoms. The van der Waals surface area contributed by atoms with Crippen molar-refractivity contribution in [2.75, 3.05) is 19.7 Å². The molecule has 0 unspecified atom stereocenters. The van der Waals surface area contributed by atoms with Gasteiger partial charge in [0.1, 0.15) is 5.75 Å². The SMILES string of the molecule is CCN(CCC(=O)O)C(=O)COc1ccccc1Br. The Morgan fingerprint density at radius 2 is 2.05 bits per heavy atom. The summed E-state index contributed by atoms with van der Waals surface area (Å²) in [5.74, 6) is -0.553. The minimum atomic E-state index is -0.919. The summed E-state index contributed by atoms with van der Waals surface area (Å²) in [6.07, 6.45) is -0.0609. The third-order valence-corrected chi connectivity index (χ3v) is 3.17. The molecule has 0 saturated carbocycles. The molecule has 0 aliphatic rings. The number of carbonyl (C=O) groups excluding carboxylic acids is 1. The molecule has 1 amide bonds. The molecule has 1 rings (SSSR count). The molecule has 0 aliphatic carbocycles. The van der Waals surface area contributed by atoms with E-state index < -0.39 is 5.97 Å². The van der Waals surface area contributed by atoms with Gasteiger partial charge in [-0.3, -0.25) is 9.59 Å². The van der Waals surface area contributed by atoms with Crippen LogP contribution in [0.5, 0.6) is 5.75 Å². The number of amides is 1. The zero-order valence-electron chi connectivity index (χ0n) is 10.6. The van der Waals surface area contributed by atoms with Crippen LogP contribution in [0.15, 0.2) is 28.7 Å². The summed E-state index contributed by atoms with van der Waals surface area (Å²) in [4.78, 5) is 23.8. The van der Waals surface area contributed by atoms with E-state index in [2.05, 4.69) is 15.9 Å². The smallest absolute Gasteiger partial charge is 0.305 e. The highest BCUT2D eigenvalue weighted by molar-refractivity contribution is 9.10. The number of ether oxygens (including phenoxy) is 1. The standard InChI is InChI=1S/C13H16BrNO4/c1-2-15(8-7-13(17)18)12(16)9-19-11-6-4-3-5-10(11)14/h3-6H,2,7-9H2,1H3,(H,17,18). The van der Waals surface area contributed by atoms with Crippen LogP contribution in [0.25, 0.3) is 0 Å². The first-order valence-corrected chi connectivity index (χ1v) is 6.70. The van der Waals surface area contributed by atoms with E-state index in [1.807, 2.05) is 18.2 Å². The van der Waals surface area contributed by atoms with Gasteiger partial charge < -0.3 is 14.7 Å². The summed E-state index contributed by atoms with van der Waals surface area (Å²) in [5.41, 5.74) is 0. The number of carboxylic acids is 1. The highest BCUT2D eigenvalue weighted by atomic mass is 79.9. The van der Waals surface area contributed by atoms with Crippen LogP contribution in [0.3, 0.4) is 0 Å². The Morgan fingerprint density at radius 1 is 1.37 bits per heavy atom. The number of nitrogens with zero attached hydrogens (tertiary/aromatic N) is 1. The highest BCUT2D eigenvalue weighted by Crippen LogP contribution is 2.23. The molecule has 0 bridgehead atoms. The van der Waals surface area contributed by atoms with Gasteiger partial charge in [-0.25, -0.2) is 0 Å². The average Bonchev–Trinajstić information content (AvgIpc) is 2.38. The number of para-hydroxylation sites is 1. The van der Waals surface area contributed by atoms with Crippen LogP contribution in [0.4, 0.5) is 0 Å². The Bertz CT molecular complexity index is 450. The Labute approximate surface area is 120 Å². The maximum atomic E-state index is 11.9. The zero-order chi connectivity index (χ0) is 14.3. The second-order valence-electron chi connectivity index (χ2n) is 3.84. The third kappa shape index (κ3) is 5.30. The fourth-order valence-electron chi connectivity index (χ4n) is 1.48. The lowest BCUT2D eigenvalue weighted by Crippen LogP contribution is -2.36. The molecule has 0 radical (unpaired) electrons. The lowest BCUT2D eigenvalue weighted by Gasteiger charge is -2.20. The predicted molar refractivity (Wildman–Crippen MR) is 74.1 cm³/mol. The second-order valence-corrected chi connectivity index (χ2v) is 4.69. The Morgan fingerprint density at radius 3 is 2.63 bits per heavy atom. The largest absolute Gasteiger partial charge is 0.483 e. The zero-order valence-corrected chi connectivity index (χ0v) is 12.2. The van der Waals surface area contributed by atoms with Crippen LogP contribution in [0.1, 0.15) is 13.3 Å². The third-order valence-electron chi connectivity index (χ3n) is 2.52. The molecule has 0 aliphatic heterocycles. The number of carboxylic acid groups (broad SMARTS) is 1. The van der Waals surface area contributed by atoms with Gasteiger partial charge in [-0.1, -0.05) is 12.1 Å². The number of likely N-dealkylation sites (N-methyl/N-ethyl adjacent to an activating group) is 1. The first kappa shape index (κ1) is 15.5. The molecule has 0 saturated heterocycles. The summed E-state index contributed by atoms with van der Waals surface area (Å²) in [5, 5.41) is 8.61. The van der Waals surface area contributed by atoms with Gasteiger partial charge in [-0.05, 0) is 35.0 Å². The maximum absolute atomic E-state index is 11.9. The van der Waals surface area contributed by atoms with Crippen LogP contribution in [-0.2, 0) is 9.59 Å². The van der Waals surface area contributed by atoms with Gasteiger partial charge >= 0.3 is 5.97 Å². The van der Waals surface area contributed by atoms with Crippen molar-refractivity contribution in [3.63, 3.8) is 0 Å². The normalized spacial score (nSPS) is 10.0. The number of benzene rings is 1. The van der Waals surface area contributed by atoms with Crippen molar-refractivity contribution in [1.82, 2.24) is 4.90 Å². The Hall–Kier alpha value is -1.56. The van der Waals surface area contributed by atoms with Gasteiger partial charge in [0.25, 0.3) is 5.91 Å². The molecular weight excluding hydrogens is 314 g/mol. The molecule has 0 atom stereocenters. The summed E-state index contributed by atoms with van der Waals surface area (Å²) < 4.78 is 6.18. The first-order valence-electron chi connectivity index (χ1n) is 5.91. The van der Waals surface area contributed by atoms with Crippen molar-refractivity contribution in [2.24, 2.45) is 0 Å². The van der Waals surface area contributed by atoms with E-state index in [4.69, 9.17) is 9.84 Å². The van der Waals surface area contributed by atoms with Crippen LogP contribution in [0.2, 0.25) is 0 Å². The number of rotatable bonds is 7. The van der Waals surface area contributed by atoms with E-state index in [0.717, 1.165) is 4.47 Å². The fourth-order valence-corrected chi connectivity index (χ4v) is 1.88. The molecule has 0 fully saturated rings. The molecule has 1 N–H and O–H groups in total. The van der Waals surface area contributed by atoms with Gasteiger partial charge in [-0.2, -0.15) is 0 Å². The lowest BCUT2D eigenvalue weighted by atomic mass is 10.3. The van der Waals surface area contributed by atoms with Crippen LogP contribution in [0, 0.1) is 0 Å². The minimum absolute atomic E-state index is 0.0609. The van der Waals surface area contributed by atoms with Crippen molar-refractivity contribution >= 4 is 27.8 Å². The summed E-state index contributed by atoms with van der Waals surface area (Å²) in [7, 11) is 0. The van der Waals surface area contributed by atoms with E-state index in [9.17, 15) is 9.59 Å². The molecule has 1 aromatic carbocycles. The Balaban J connectivity index is 2.49. The number of hydrogen-bond acceptors (Lipinski definition) is 3. The van der Waals surface area contributed by atoms with E-state index in [-0.39, 0.29) is 25.5 Å². The van der Waals surface area contributed by atoms with Crippen molar-refractivity contribution in [1.29, 1.82) is 0 Å². The number of hydrogen-bond donors (Lipinski definition) is 1. The molecule has 0 aromatic heterocycles. The lowest BCUT2D eigenvalue weighted by molar-refractivity contribution is -0.139. The first-order chi connectivity index (χ1) is 9.04. The van der Waals surface area contributed by atoms with E-state index in [0.29, 0.717) is 12.3 Å². The van der Waals surface area contributed by atoms with Crippen molar-refractivity contribution in [3.05, 3.63) is 28.7 Å². The van der Waals surface area contributed by atoms with Crippen molar-refractivity contribution in [3.8, 4) is 5.75 Å². The van der Waals surface area contributed by atoms with Crippen LogP contribution in [-0.4, -0.2) is 41.6 Å². The summed E-state index contributed by atoms with van der Waals surface area (Å²) in [6, 6.07) is 7.24. The van der Waals surface area contributed by atoms with E-state index >= 15 is 0 Å². The van der Waals surface area contributed by atoms with Crippen LogP contribution >= 0.6 is 15.9 Å². The van der Waals surface area contributed by atoms with Gasteiger partial charge in [-0.15, -0.1) is 0 Å². The number of carbonyl (C=O) groups is 2. The second kappa shape index (κ2) is 7.78. The number of aliphatic carboxylic acids is 1. The quantitative estimate of drug-likeness (QED) is 0.832. The molecular formula is C13H16BrNO4. The van der Waals surface area contributed by atoms with Crippen LogP contribution < -0.4 is 4.74 Å². The Kier molecular flexibility index (Phi) is 6.35. The summed E-state index contributed by atoms with van der Waals surface area (Å²) >= 11 is 3.32. The van der Waals surface area contributed by atoms with E-state index in [1.165, 1.54) is 4.90 Å². The van der Waals surface area contributed by atoms with Gasteiger partial charge in [0.05, 0.1) is 10.9 Å².